The van der Waals surface area contributed by atoms with Crippen molar-refractivity contribution in [3.8, 4) is 0 Å². The Bertz CT molecular complexity index is 520. The SMILES string of the molecule is CB(O)N1CCC(Cc2ccccn2)C(O[Si](C)(C)C(C)(C)C)C1. The maximum absolute atomic E-state index is 10.00. The summed E-state index contributed by atoms with van der Waals surface area (Å²) in [5.74, 6) is 0.462. The minimum Gasteiger partial charge on any atom is -0.437 e. The molecule has 4 nitrogen and oxygen atoms in total. The quantitative estimate of drug-likeness (QED) is 0.828. The monoisotopic (exact) mass is 348 g/mol. The van der Waals surface area contributed by atoms with Crippen molar-refractivity contribution in [2.45, 2.75) is 64.7 Å². The van der Waals surface area contributed by atoms with E-state index in [1.807, 2.05) is 19.1 Å². The van der Waals surface area contributed by atoms with Gasteiger partial charge in [0.2, 0.25) is 0 Å². The Balaban J connectivity index is 2.15. The highest BCUT2D eigenvalue weighted by Crippen LogP contribution is 2.39. The molecule has 1 fully saturated rings. The van der Waals surface area contributed by atoms with Gasteiger partial charge < -0.3 is 14.3 Å². The van der Waals surface area contributed by atoms with E-state index in [0.717, 1.165) is 31.6 Å². The van der Waals surface area contributed by atoms with Gasteiger partial charge in [-0.25, -0.2) is 0 Å². The molecule has 0 amide bonds. The lowest BCUT2D eigenvalue weighted by atomic mass is 9.79. The van der Waals surface area contributed by atoms with E-state index in [2.05, 4.69) is 55.8 Å². The molecule has 1 aliphatic rings. The van der Waals surface area contributed by atoms with E-state index in [1.54, 1.807) is 0 Å². The molecule has 0 saturated carbocycles. The zero-order valence-electron chi connectivity index (χ0n) is 16.1. The first kappa shape index (κ1) is 19.6. The lowest BCUT2D eigenvalue weighted by Crippen LogP contribution is -2.55. The smallest absolute Gasteiger partial charge is 0.376 e. The summed E-state index contributed by atoms with van der Waals surface area (Å²) < 4.78 is 6.77. The maximum atomic E-state index is 10.00. The third-order valence-corrected chi connectivity index (χ3v) is 10.2. The summed E-state index contributed by atoms with van der Waals surface area (Å²) in [6.45, 7) is 15.0. The molecule has 0 aliphatic carbocycles. The predicted octanol–water partition coefficient (Wildman–Crippen LogP) is 3.45. The highest BCUT2D eigenvalue weighted by molar-refractivity contribution is 6.74. The Hall–Kier alpha value is -0.688. The summed E-state index contributed by atoms with van der Waals surface area (Å²) >= 11 is 0. The number of nitrogens with zero attached hydrogens (tertiary/aromatic N) is 2. The van der Waals surface area contributed by atoms with E-state index in [9.17, 15) is 5.02 Å². The van der Waals surface area contributed by atoms with E-state index in [1.165, 1.54) is 0 Å². The van der Waals surface area contributed by atoms with Crippen LogP contribution in [-0.4, -0.2) is 49.4 Å². The predicted molar refractivity (Wildman–Crippen MR) is 104 cm³/mol. The zero-order valence-corrected chi connectivity index (χ0v) is 17.1. The summed E-state index contributed by atoms with van der Waals surface area (Å²) in [5.41, 5.74) is 1.14. The molecule has 134 valence electrons. The van der Waals surface area contributed by atoms with Crippen LogP contribution in [0.2, 0.25) is 25.0 Å². The summed E-state index contributed by atoms with van der Waals surface area (Å²) in [5, 5.41) is 10.2. The summed E-state index contributed by atoms with van der Waals surface area (Å²) in [4.78, 5) is 6.63. The van der Waals surface area contributed by atoms with Crippen LogP contribution in [-0.2, 0) is 10.8 Å². The fourth-order valence-electron chi connectivity index (χ4n) is 3.04. The average molecular weight is 348 g/mol. The van der Waals surface area contributed by atoms with Crippen molar-refractivity contribution < 1.29 is 9.45 Å². The van der Waals surface area contributed by atoms with E-state index < -0.39 is 15.4 Å². The van der Waals surface area contributed by atoms with Crippen molar-refractivity contribution in [3.05, 3.63) is 30.1 Å². The Labute approximate surface area is 148 Å². The highest BCUT2D eigenvalue weighted by atomic mass is 28.4. The first-order chi connectivity index (χ1) is 11.1. The van der Waals surface area contributed by atoms with E-state index in [4.69, 9.17) is 4.43 Å². The first-order valence-electron chi connectivity index (χ1n) is 9.10. The third kappa shape index (κ3) is 4.91. The second-order valence-electron chi connectivity index (χ2n) is 8.62. The number of hydrogen-bond donors (Lipinski definition) is 1. The molecule has 2 heterocycles. The minimum atomic E-state index is -1.84. The number of piperidine rings is 1. The van der Waals surface area contributed by atoms with Gasteiger partial charge in [-0.3, -0.25) is 4.98 Å². The Morgan fingerprint density at radius 3 is 2.62 bits per heavy atom. The standard InChI is InChI=1S/C18H33BN2O2Si/c1-18(2,3)24(5,6)23-17-14-21(19(4)22)12-10-15(17)13-16-9-7-8-11-20-16/h7-9,11,15,17,22H,10,12-14H2,1-6H3. The Morgan fingerprint density at radius 1 is 1.38 bits per heavy atom. The fourth-order valence-corrected chi connectivity index (χ4v) is 4.42. The fraction of sp³-hybridized carbons (Fsp3) is 0.722. The molecular formula is C18H33BN2O2Si. The van der Waals surface area contributed by atoms with Crippen LogP contribution in [0.5, 0.6) is 0 Å². The van der Waals surface area contributed by atoms with E-state index in [0.29, 0.717) is 5.92 Å². The highest BCUT2D eigenvalue weighted by Gasteiger charge is 2.42. The van der Waals surface area contributed by atoms with Crippen LogP contribution in [0.25, 0.3) is 0 Å². The summed E-state index contributed by atoms with van der Waals surface area (Å²) in [6.07, 6.45) is 4.02. The second-order valence-corrected chi connectivity index (χ2v) is 13.4. The summed E-state index contributed by atoms with van der Waals surface area (Å²) in [6, 6.07) is 6.12. The molecule has 2 rings (SSSR count). The van der Waals surface area contributed by atoms with Crippen LogP contribution >= 0.6 is 0 Å². The largest absolute Gasteiger partial charge is 0.437 e. The molecule has 1 saturated heterocycles. The van der Waals surface area contributed by atoms with Gasteiger partial charge in [-0.05, 0) is 62.4 Å². The van der Waals surface area contributed by atoms with Crippen molar-refractivity contribution in [1.82, 2.24) is 9.79 Å². The Kier molecular flexibility index (Phi) is 6.29. The van der Waals surface area contributed by atoms with Crippen molar-refractivity contribution in [2.24, 2.45) is 5.92 Å². The van der Waals surface area contributed by atoms with Gasteiger partial charge in [0.25, 0.3) is 0 Å². The molecule has 0 radical (unpaired) electrons. The van der Waals surface area contributed by atoms with Gasteiger partial charge in [-0.2, -0.15) is 0 Å². The number of aromatic nitrogens is 1. The molecule has 24 heavy (non-hydrogen) atoms. The molecule has 1 aromatic rings. The van der Waals surface area contributed by atoms with Gasteiger partial charge >= 0.3 is 7.05 Å². The topological polar surface area (TPSA) is 45.6 Å². The third-order valence-electron chi connectivity index (χ3n) is 5.71. The van der Waals surface area contributed by atoms with E-state index >= 15 is 0 Å². The summed E-state index contributed by atoms with van der Waals surface area (Å²) in [7, 11) is -2.26. The van der Waals surface area contributed by atoms with Gasteiger partial charge in [0.1, 0.15) is 0 Å². The first-order valence-corrected chi connectivity index (χ1v) is 12.0. The van der Waals surface area contributed by atoms with Crippen LogP contribution in [0.4, 0.5) is 0 Å². The van der Waals surface area contributed by atoms with Gasteiger partial charge in [0.15, 0.2) is 8.32 Å². The van der Waals surface area contributed by atoms with Gasteiger partial charge in [-0.1, -0.05) is 26.8 Å². The van der Waals surface area contributed by atoms with Gasteiger partial charge in [0, 0.05) is 18.4 Å². The minimum absolute atomic E-state index is 0.163. The molecule has 0 aromatic carbocycles. The lowest BCUT2D eigenvalue weighted by molar-refractivity contribution is 0.0542. The molecule has 1 N–H and O–H groups in total. The molecule has 6 heteroatoms. The van der Waals surface area contributed by atoms with Crippen LogP contribution in [0.3, 0.4) is 0 Å². The number of rotatable bonds is 5. The van der Waals surface area contributed by atoms with Crippen molar-refractivity contribution in [1.29, 1.82) is 0 Å². The van der Waals surface area contributed by atoms with Crippen LogP contribution in [0.1, 0.15) is 32.9 Å². The molecule has 1 aliphatic heterocycles. The lowest BCUT2D eigenvalue weighted by Gasteiger charge is -2.46. The van der Waals surface area contributed by atoms with Crippen molar-refractivity contribution in [3.63, 3.8) is 0 Å². The average Bonchev–Trinajstić information content (AvgIpc) is 2.48. The molecule has 0 spiro atoms. The van der Waals surface area contributed by atoms with Crippen LogP contribution < -0.4 is 0 Å². The van der Waals surface area contributed by atoms with E-state index in [-0.39, 0.29) is 11.1 Å². The van der Waals surface area contributed by atoms with Crippen LogP contribution in [0.15, 0.2) is 24.4 Å². The molecule has 2 unspecified atom stereocenters. The van der Waals surface area contributed by atoms with Gasteiger partial charge in [0.05, 0.1) is 6.10 Å². The Morgan fingerprint density at radius 2 is 2.08 bits per heavy atom. The second kappa shape index (κ2) is 7.69. The molecular weight excluding hydrogens is 315 g/mol. The van der Waals surface area contributed by atoms with Crippen LogP contribution in [0, 0.1) is 5.92 Å². The molecule has 0 bridgehead atoms. The van der Waals surface area contributed by atoms with Crippen molar-refractivity contribution >= 4 is 15.4 Å². The zero-order chi connectivity index (χ0) is 18.0. The maximum Gasteiger partial charge on any atom is 0.376 e. The number of pyridine rings is 1. The number of hydrogen-bond acceptors (Lipinski definition) is 4. The van der Waals surface area contributed by atoms with Crippen molar-refractivity contribution in [2.75, 3.05) is 13.1 Å². The normalized spacial score (nSPS) is 23.3. The molecule has 1 aromatic heterocycles. The van der Waals surface area contributed by atoms with Gasteiger partial charge in [-0.15, -0.1) is 0 Å². The molecule has 2 atom stereocenters.